The summed E-state index contributed by atoms with van der Waals surface area (Å²) in [5.74, 6) is -11.8. The summed E-state index contributed by atoms with van der Waals surface area (Å²) in [4.78, 5) is 82.0. The van der Waals surface area contributed by atoms with Crippen LogP contribution in [0.1, 0.15) is 32.7 Å². The summed E-state index contributed by atoms with van der Waals surface area (Å²) in [6.07, 6.45) is 0.116. The molecule has 2 unspecified atom stereocenters. The van der Waals surface area contributed by atoms with E-state index in [1.54, 1.807) is 6.07 Å². The largest absolute Gasteiger partial charge is 0.506 e. The van der Waals surface area contributed by atoms with Crippen LogP contribution in [0.4, 0.5) is 0 Å². The summed E-state index contributed by atoms with van der Waals surface area (Å²) in [6, 6.07) is 1.85. The van der Waals surface area contributed by atoms with Crippen LogP contribution in [0.15, 0.2) is 12.1 Å². The number of likely N-dealkylation sites (N-methyl/N-ethyl adjacent to an activating group) is 1. The molecule has 6 atom stereocenters. The van der Waals surface area contributed by atoms with E-state index >= 15 is 0 Å². The molecule has 202 valence electrons. The van der Waals surface area contributed by atoms with E-state index in [1.165, 1.54) is 30.0 Å². The molecule has 0 aromatic heterocycles. The zero-order chi connectivity index (χ0) is 27.7. The third kappa shape index (κ3) is 3.54. The highest BCUT2D eigenvalue weighted by Crippen LogP contribution is 2.50. The molecular weight excluding hydrogens is 498 g/mol. The molecule has 1 heterocycles. The Labute approximate surface area is 217 Å². The van der Waals surface area contributed by atoms with Gasteiger partial charge in [0.25, 0.3) is 5.91 Å². The van der Waals surface area contributed by atoms with Gasteiger partial charge in [-0.05, 0) is 44.5 Å². The van der Waals surface area contributed by atoms with Gasteiger partial charge in [-0.1, -0.05) is 6.07 Å². The summed E-state index contributed by atoms with van der Waals surface area (Å²) < 4.78 is 5.25. The smallest absolute Gasteiger partial charge is 0.257 e. The quantitative estimate of drug-likeness (QED) is 0.384. The van der Waals surface area contributed by atoms with Crippen molar-refractivity contribution in [3.05, 3.63) is 28.8 Å². The second-order valence-corrected chi connectivity index (χ2v) is 10.7. The highest BCUT2D eigenvalue weighted by atomic mass is 16.5. The number of morpholine rings is 1. The second kappa shape index (κ2) is 9.07. The molecule has 12 nitrogen and oxygen atoms in total. The molecule has 0 bridgehead atoms. The van der Waals surface area contributed by atoms with Crippen LogP contribution < -0.4 is 5.73 Å². The molecule has 1 aliphatic heterocycles. The first-order valence-corrected chi connectivity index (χ1v) is 12.5. The number of ketones is 4. The number of ether oxygens (including phenoxy) is 1. The Morgan fingerprint density at radius 1 is 1.11 bits per heavy atom. The zero-order valence-corrected chi connectivity index (χ0v) is 21.0. The molecule has 12 heteroatoms. The first kappa shape index (κ1) is 26.1. The van der Waals surface area contributed by atoms with Gasteiger partial charge in [0.05, 0.1) is 36.3 Å². The monoisotopic (exact) mass is 527 g/mol. The van der Waals surface area contributed by atoms with Gasteiger partial charge >= 0.3 is 0 Å². The number of rotatable bonds is 3. The van der Waals surface area contributed by atoms with Crippen LogP contribution in [0.3, 0.4) is 0 Å². The number of phenolic OH excluding ortho intramolecular Hbond substituents is 1. The number of benzene rings is 1. The maximum atomic E-state index is 13.8. The van der Waals surface area contributed by atoms with Crippen LogP contribution in [0.25, 0.3) is 0 Å². The van der Waals surface area contributed by atoms with Crippen LogP contribution in [-0.2, 0) is 30.3 Å². The van der Waals surface area contributed by atoms with E-state index < -0.39 is 76.0 Å². The molecule has 1 aromatic rings. The fraction of sp³-hybridized carbons (Fsp3) is 0.538. The number of Topliss-reactive ketones (excluding diaryl/α,β-unsaturated/α-hetero) is 4. The van der Waals surface area contributed by atoms with Crippen LogP contribution >= 0.6 is 0 Å². The highest BCUT2D eigenvalue weighted by Gasteiger charge is 2.69. The molecule has 38 heavy (non-hydrogen) atoms. The van der Waals surface area contributed by atoms with Gasteiger partial charge < -0.3 is 25.6 Å². The lowest BCUT2D eigenvalue weighted by Crippen LogP contribution is -2.74. The molecule has 2 amide bonds. The van der Waals surface area contributed by atoms with Gasteiger partial charge in [0.15, 0.2) is 34.7 Å². The van der Waals surface area contributed by atoms with E-state index in [0.717, 1.165) is 0 Å². The number of hydrogen-bond acceptors (Lipinski definition) is 10. The average molecular weight is 528 g/mol. The molecule has 0 radical (unpaired) electrons. The maximum absolute atomic E-state index is 13.8. The van der Waals surface area contributed by atoms with Crippen molar-refractivity contribution in [1.29, 1.82) is 0 Å². The van der Waals surface area contributed by atoms with Crippen molar-refractivity contribution in [3.8, 4) is 5.75 Å². The van der Waals surface area contributed by atoms with E-state index in [9.17, 15) is 39.0 Å². The lowest BCUT2D eigenvalue weighted by Gasteiger charge is -2.52. The Hall–Kier alpha value is -3.48. The molecular formula is C26H29N3O9. The number of carbonyl (C=O) groups excluding carboxylic acids is 6. The lowest BCUT2D eigenvalue weighted by molar-refractivity contribution is -0.181. The van der Waals surface area contributed by atoms with Crippen molar-refractivity contribution in [3.63, 3.8) is 0 Å². The number of phenols is 1. The van der Waals surface area contributed by atoms with Gasteiger partial charge in [0, 0.05) is 19.0 Å². The number of amides is 2. The summed E-state index contributed by atoms with van der Waals surface area (Å²) in [7, 11) is 3.06. The number of nitrogens with zero attached hydrogens (tertiary/aromatic N) is 2. The van der Waals surface area contributed by atoms with Crippen LogP contribution in [0.5, 0.6) is 5.75 Å². The third-order valence-corrected chi connectivity index (χ3v) is 8.46. The minimum absolute atomic E-state index is 0.0287. The lowest BCUT2D eigenvalue weighted by atomic mass is 9.52. The fourth-order valence-corrected chi connectivity index (χ4v) is 6.69. The van der Waals surface area contributed by atoms with E-state index in [1.807, 2.05) is 0 Å². The van der Waals surface area contributed by atoms with Crippen LogP contribution in [-0.4, -0.2) is 107 Å². The van der Waals surface area contributed by atoms with Crippen molar-refractivity contribution in [1.82, 2.24) is 9.80 Å². The van der Waals surface area contributed by atoms with Gasteiger partial charge in [0.1, 0.15) is 5.75 Å². The van der Waals surface area contributed by atoms with E-state index in [-0.39, 0.29) is 24.0 Å². The Morgan fingerprint density at radius 3 is 2.37 bits per heavy atom. The van der Waals surface area contributed by atoms with E-state index in [2.05, 4.69) is 0 Å². The molecule has 2 saturated carbocycles. The molecule has 3 aliphatic carbocycles. The number of hydrogen-bond donors (Lipinski definition) is 3. The molecule has 4 aliphatic rings. The van der Waals surface area contributed by atoms with Crippen molar-refractivity contribution < 1.29 is 43.7 Å². The first-order chi connectivity index (χ1) is 17.9. The Kier molecular flexibility index (Phi) is 6.24. The maximum Gasteiger partial charge on any atom is 0.257 e. The number of fused-ring (bicyclic) bond motifs is 3. The number of carbonyl (C=O) groups is 6. The number of aromatic hydroxyl groups is 1. The Morgan fingerprint density at radius 2 is 1.76 bits per heavy atom. The minimum Gasteiger partial charge on any atom is -0.506 e. The minimum atomic E-state index is -2.78. The predicted molar refractivity (Wildman–Crippen MR) is 128 cm³/mol. The van der Waals surface area contributed by atoms with Gasteiger partial charge in [-0.25, -0.2) is 0 Å². The molecule has 3 fully saturated rings. The summed E-state index contributed by atoms with van der Waals surface area (Å²) in [5.41, 5.74) is 2.66. The van der Waals surface area contributed by atoms with Crippen molar-refractivity contribution in [2.24, 2.45) is 29.4 Å². The topological polar surface area (TPSA) is 185 Å². The number of primary amides is 1. The Balaban J connectivity index is 1.56. The molecule has 1 aromatic carbocycles. The molecule has 0 spiro atoms. The second-order valence-electron chi connectivity index (χ2n) is 10.7. The highest BCUT2D eigenvalue weighted by molar-refractivity contribution is 6.32. The molecule has 1 saturated heterocycles. The standard InChI is InChI=1S/C26H29N3O9/c1-28(2)18-14-10-12-9-11-3-4-13(25(36)29-5-7-38-8-6-29)19(30)15(11)20(31)16(12)22(33)26(14,37)23(34)17(21(18)32)24(27)35/h3-4,12,14,16-18,30,37H,5-10H2,1-2H3,(H2,27,35)/t12-,14-,16?,17?,18-,26-/m1/s1. The van der Waals surface area contributed by atoms with Crippen molar-refractivity contribution in [2.75, 3.05) is 40.4 Å². The normalized spacial score (nSPS) is 33.1. The van der Waals surface area contributed by atoms with Gasteiger partial charge in [-0.15, -0.1) is 0 Å². The molecule has 5 rings (SSSR count). The number of nitrogens with two attached hydrogens (primary N) is 1. The van der Waals surface area contributed by atoms with Crippen molar-refractivity contribution >= 4 is 34.9 Å². The van der Waals surface area contributed by atoms with E-state index in [4.69, 9.17) is 10.5 Å². The average Bonchev–Trinajstić information content (AvgIpc) is 2.86. The zero-order valence-electron chi connectivity index (χ0n) is 21.0. The van der Waals surface area contributed by atoms with Crippen LogP contribution in [0.2, 0.25) is 0 Å². The summed E-state index contributed by atoms with van der Waals surface area (Å²) >= 11 is 0. The predicted octanol–water partition coefficient (Wildman–Crippen LogP) is -1.66. The first-order valence-electron chi connectivity index (χ1n) is 12.5. The van der Waals surface area contributed by atoms with Gasteiger partial charge in [0.2, 0.25) is 5.91 Å². The fourth-order valence-electron chi connectivity index (χ4n) is 6.69. The summed E-state index contributed by atoms with van der Waals surface area (Å²) in [5, 5.41) is 22.6. The Bertz CT molecular complexity index is 1280. The van der Waals surface area contributed by atoms with E-state index in [0.29, 0.717) is 31.9 Å². The van der Waals surface area contributed by atoms with Gasteiger partial charge in [-0.2, -0.15) is 0 Å². The van der Waals surface area contributed by atoms with Crippen molar-refractivity contribution in [2.45, 2.75) is 24.5 Å². The third-order valence-electron chi connectivity index (χ3n) is 8.46. The number of aliphatic hydroxyl groups is 1. The molecule has 4 N–H and O–H groups in total. The van der Waals surface area contributed by atoms with Gasteiger partial charge in [-0.3, -0.25) is 33.7 Å². The summed E-state index contributed by atoms with van der Waals surface area (Å²) in [6.45, 7) is 1.31. The SMILES string of the molecule is CN(C)[C@H]1C(=O)C(C(N)=O)C(=O)[C@]2(O)C(=O)C3C(=O)c4c(ccc(C(=O)N5CCOCC5)c4O)C[C@@H]3C[C@H]12. The van der Waals surface area contributed by atoms with Crippen LogP contribution in [0, 0.1) is 23.7 Å².